The van der Waals surface area contributed by atoms with Crippen molar-refractivity contribution in [2.75, 3.05) is 7.11 Å². The summed E-state index contributed by atoms with van der Waals surface area (Å²) in [5.74, 6) is -0.364. The number of methoxy groups -OCH3 is 1. The van der Waals surface area contributed by atoms with Gasteiger partial charge in [-0.2, -0.15) is 0 Å². The van der Waals surface area contributed by atoms with Gasteiger partial charge in [0.15, 0.2) is 0 Å². The maximum atomic E-state index is 12.3. The van der Waals surface area contributed by atoms with Crippen LogP contribution in [0.15, 0.2) is 107 Å². The van der Waals surface area contributed by atoms with Gasteiger partial charge in [0, 0.05) is 15.9 Å². The summed E-state index contributed by atoms with van der Waals surface area (Å²) in [6.45, 7) is 0. The van der Waals surface area contributed by atoms with E-state index in [1.807, 2.05) is 60.0 Å². The van der Waals surface area contributed by atoms with E-state index in [0.717, 1.165) is 15.9 Å². The molecule has 4 aromatic rings. The van der Waals surface area contributed by atoms with Crippen molar-refractivity contribution in [2.24, 2.45) is 4.74 Å². The van der Waals surface area contributed by atoms with Crippen LogP contribution < -0.4 is 15.9 Å². The highest BCUT2D eigenvalue weighted by Gasteiger charge is 2.28. The van der Waals surface area contributed by atoms with Gasteiger partial charge in [0.1, 0.15) is 5.00 Å². The zero-order chi connectivity index (χ0) is 20.1. The average molecular weight is 417 g/mol. The number of hydrogen-bond acceptors (Lipinski definition) is 4. The summed E-state index contributed by atoms with van der Waals surface area (Å²) in [7, 11) is -0.991. The first kappa shape index (κ1) is 19.4. The van der Waals surface area contributed by atoms with Crippen molar-refractivity contribution < 1.29 is 9.53 Å². The van der Waals surface area contributed by atoms with Crippen molar-refractivity contribution in [3.8, 4) is 0 Å². The predicted molar refractivity (Wildman–Crippen MR) is 123 cm³/mol. The number of carbonyl (C=O) groups is 1. The fraction of sp³-hybridized carbons (Fsp3) is 0.0417. The topological polar surface area (TPSA) is 38.7 Å². The molecule has 5 heteroatoms. The number of hydrogen-bond donors (Lipinski definition) is 0. The van der Waals surface area contributed by atoms with Gasteiger partial charge >= 0.3 is 5.97 Å². The second kappa shape index (κ2) is 8.60. The van der Waals surface area contributed by atoms with Crippen molar-refractivity contribution in [3.05, 3.63) is 108 Å². The number of thiophene rings is 1. The highest BCUT2D eigenvalue weighted by molar-refractivity contribution is 7.87. The maximum Gasteiger partial charge on any atom is 0.340 e. The van der Waals surface area contributed by atoms with Gasteiger partial charge in [0.05, 0.1) is 19.7 Å². The predicted octanol–water partition coefficient (Wildman–Crippen LogP) is 5.34. The SMILES string of the molecule is COC(=O)c1ccsc1N=P(c1ccccc1)(c1ccccc1)c1ccccc1. The average Bonchev–Trinajstić information content (AvgIpc) is 3.27. The molecule has 0 saturated carbocycles. The molecule has 0 N–H and O–H groups in total. The number of esters is 1. The molecule has 0 aliphatic rings. The summed E-state index contributed by atoms with van der Waals surface area (Å²) in [5.41, 5.74) is 0.504. The van der Waals surface area contributed by atoms with Gasteiger partial charge in [-0.15, -0.1) is 11.3 Å². The monoisotopic (exact) mass is 417 g/mol. The zero-order valence-electron chi connectivity index (χ0n) is 15.9. The summed E-state index contributed by atoms with van der Waals surface area (Å²) >= 11 is 1.46. The number of benzene rings is 3. The van der Waals surface area contributed by atoms with Crippen LogP contribution in [0.4, 0.5) is 5.00 Å². The molecule has 0 amide bonds. The van der Waals surface area contributed by atoms with Crippen LogP contribution in [-0.2, 0) is 4.74 Å². The molecule has 0 atom stereocenters. The molecule has 0 fully saturated rings. The lowest BCUT2D eigenvalue weighted by molar-refractivity contribution is 0.0602. The highest BCUT2D eigenvalue weighted by Crippen LogP contribution is 2.50. The molecule has 0 radical (unpaired) electrons. The number of ether oxygens (including phenoxy) is 1. The molecule has 1 aromatic heterocycles. The number of carbonyl (C=O) groups excluding carboxylic acids is 1. The molecule has 144 valence electrons. The van der Waals surface area contributed by atoms with Gasteiger partial charge in [-0.25, -0.2) is 9.54 Å². The molecular weight excluding hydrogens is 397 g/mol. The van der Waals surface area contributed by atoms with Gasteiger partial charge in [-0.1, -0.05) is 91.0 Å². The molecule has 0 unspecified atom stereocenters. The van der Waals surface area contributed by atoms with Gasteiger partial charge in [-0.3, -0.25) is 0 Å². The van der Waals surface area contributed by atoms with Crippen LogP contribution in [0, 0.1) is 0 Å². The van der Waals surface area contributed by atoms with E-state index in [9.17, 15) is 4.79 Å². The molecule has 0 aliphatic carbocycles. The minimum atomic E-state index is -2.39. The Kier molecular flexibility index (Phi) is 5.75. The summed E-state index contributed by atoms with van der Waals surface area (Å²) in [6.07, 6.45) is 0. The van der Waals surface area contributed by atoms with E-state index in [1.165, 1.54) is 18.4 Å². The van der Waals surface area contributed by atoms with Crippen LogP contribution in [0.3, 0.4) is 0 Å². The molecule has 0 saturated heterocycles. The molecule has 0 aliphatic heterocycles. The van der Waals surface area contributed by atoms with E-state index < -0.39 is 7.05 Å². The lowest BCUT2D eigenvalue weighted by atomic mass is 10.3. The molecule has 3 nitrogen and oxygen atoms in total. The molecular formula is C24H20NO2PS. The third-order valence-corrected chi connectivity index (χ3v) is 9.26. The van der Waals surface area contributed by atoms with Crippen molar-refractivity contribution in [2.45, 2.75) is 0 Å². The van der Waals surface area contributed by atoms with E-state index in [0.29, 0.717) is 10.6 Å². The Morgan fingerprint density at radius 2 is 1.21 bits per heavy atom. The van der Waals surface area contributed by atoms with Crippen molar-refractivity contribution in [1.82, 2.24) is 0 Å². The Bertz CT molecular complexity index is 1050. The Morgan fingerprint density at radius 1 is 0.759 bits per heavy atom. The summed E-state index contributed by atoms with van der Waals surface area (Å²) in [5, 5.41) is 6.01. The van der Waals surface area contributed by atoms with Crippen molar-refractivity contribution in [1.29, 1.82) is 0 Å². The lowest BCUT2D eigenvalue weighted by Gasteiger charge is -2.26. The van der Waals surface area contributed by atoms with Crippen LogP contribution in [0.1, 0.15) is 10.4 Å². The highest BCUT2D eigenvalue weighted by atomic mass is 32.1. The normalized spacial score (nSPS) is 11.1. The zero-order valence-corrected chi connectivity index (χ0v) is 17.6. The maximum absolute atomic E-state index is 12.3. The van der Waals surface area contributed by atoms with Crippen molar-refractivity contribution >= 4 is 45.3 Å². The first-order chi connectivity index (χ1) is 14.3. The van der Waals surface area contributed by atoms with E-state index >= 15 is 0 Å². The Balaban J connectivity index is 2.12. The fourth-order valence-corrected chi connectivity index (χ4v) is 7.93. The van der Waals surface area contributed by atoms with Crippen LogP contribution in [0.25, 0.3) is 0 Å². The van der Waals surface area contributed by atoms with Gasteiger partial charge < -0.3 is 4.74 Å². The van der Waals surface area contributed by atoms with Crippen molar-refractivity contribution in [3.63, 3.8) is 0 Å². The van der Waals surface area contributed by atoms with E-state index in [2.05, 4.69) is 36.4 Å². The molecule has 0 bridgehead atoms. The summed E-state index contributed by atoms with van der Waals surface area (Å²) < 4.78 is 10.3. The Morgan fingerprint density at radius 3 is 1.62 bits per heavy atom. The number of nitrogens with zero attached hydrogens (tertiary/aromatic N) is 1. The fourth-order valence-electron chi connectivity index (χ4n) is 3.33. The Hall–Kier alpha value is -2.94. The van der Waals surface area contributed by atoms with Crippen LogP contribution in [-0.4, -0.2) is 13.1 Å². The minimum absolute atomic E-state index is 0.364. The molecule has 3 aromatic carbocycles. The largest absolute Gasteiger partial charge is 0.465 e. The van der Waals surface area contributed by atoms with Crippen LogP contribution in [0.2, 0.25) is 0 Å². The van der Waals surface area contributed by atoms with Gasteiger partial charge in [0.25, 0.3) is 0 Å². The first-order valence-corrected chi connectivity index (χ1v) is 11.8. The van der Waals surface area contributed by atoms with E-state index in [4.69, 9.17) is 9.48 Å². The molecule has 1 heterocycles. The second-order valence-corrected chi connectivity index (χ2v) is 10.3. The molecule has 0 spiro atoms. The van der Waals surface area contributed by atoms with E-state index in [1.54, 1.807) is 6.07 Å². The smallest absolute Gasteiger partial charge is 0.340 e. The van der Waals surface area contributed by atoms with Crippen LogP contribution >= 0.6 is 18.4 Å². The second-order valence-electron chi connectivity index (χ2n) is 6.37. The standard InChI is InChI=1S/C24H20NO2PS/c1-27-24(26)22-17-18-29-23(22)25-28(19-11-5-2-6-12-19,20-13-7-3-8-14-20)21-15-9-4-10-16-21/h2-18H,1H3. The summed E-state index contributed by atoms with van der Waals surface area (Å²) in [4.78, 5) is 12.3. The lowest BCUT2D eigenvalue weighted by Crippen LogP contribution is -2.25. The molecule has 4 rings (SSSR count). The first-order valence-electron chi connectivity index (χ1n) is 9.20. The third-order valence-electron chi connectivity index (χ3n) is 4.68. The minimum Gasteiger partial charge on any atom is -0.465 e. The van der Waals surface area contributed by atoms with Crippen LogP contribution in [0.5, 0.6) is 0 Å². The van der Waals surface area contributed by atoms with E-state index in [-0.39, 0.29) is 5.97 Å². The van der Waals surface area contributed by atoms with Gasteiger partial charge in [0.2, 0.25) is 0 Å². The third kappa shape index (κ3) is 3.69. The molecule has 29 heavy (non-hydrogen) atoms. The number of rotatable bonds is 5. The quantitative estimate of drug-likeness (QED) is 0.325. The van der Waals surface area contributed by atoms with Gasteiger partial charge in [-0.05, 0) is 11.4 Å². The Labute approximate surface area is 174 Å². The summed E-state index contributed by atoms with van der Waals surface area (Å²) in [6, 6.07) is 32.8.